The zero-order valence-corrected chi connectivity index (χ0v) is 18.3. The fourth-order valence-corrected chi connectivity index (χ4v) is 4.84. The molecule has 158 valence electrons. The van der Waals surface area contributed by atoms with Gasteiger partial charge in [0, 0.05) is 23.8 Å². The van der Waals surface area contributed by atoms with Gasteiger partial charge in [0.2, 0.25) is 0 Å². The van der Waals surface area contributed by atoms with Crippen LogP contribution in [-0.4, -0.2) is 30.0 Å². The summed E-state index contributed by atoms with van der Waals surface area (Å²) in [4.78, 5) is 40.3. The summed E-state index contributed by atoms with van der Waals surface area (Å²) in [6.45, 7) is 0. The Labute approximate surface area is 185 Å². The van der Waals surface area contributed by atoms with Crippen LogP contribution in [0.25, 0.3) is 0 Å². The second-order valence-corrected chi connectivity index (χ2v) is 9.00. The van der Waals surface area contributed by atoms with Crippen molar-refractivity contribution in [3.05, 3.63) is 89.0 Å². The van der Waals surface area contributed by atoms with E-state index in [0.29, 0.717) is 0 Å². The first-order chi connectivity index (χ1) is 14.9. The van der Waals surface area contributed by atoms with Crippen LogP contribution in [0.15, 0.2) is 62.8 Å². The predicted molar refractivity (Wildman–Crippen MR) is 125 cm³/mol. The van der Waals surface area contributed by atoms with E-state index in [2.05, 4.69) is 10.6 Å². The number of rotatable bonds is 7. The van der Waals surface area contributed by atoms with Gasteiger partial charge >= 0.3 is 0 Å². The summed E-state index contributed by atoms with van der Waals surface area (Å²) in [7, 11) is 3.16. The molecule has 2 aromatic heterocycles. The van der Waals surface area contributed by atoms with E-state index in [1.165, 1.54) is 11.0 Å². The fourth-order valence-electron chi connectivity index (χ4n) is 3.18. The average Bonchev–Trinajstić information content (AvgIpc) is 3.48. The highest BCUT2D eigenvalue weighted by molar-refractivity contribution is 7.11. The number of hydrogen-bond acceptors (Lipinski definition) is 8. The lowest BCUT2D eigenvalue weighted by molar-refractivity contribution is 0.0824. The predicted octanol–water partition coefficient (Wildman–Crippen LogP) is 3.76. The Morgan fingerprint density at radius 2 is 1.55 bits per heavy atom. The Morgan fingerprint density at radius 1 is 0.935 bits per heavy atom. The number of carbonyl (C=O) groups is 1. The summed E-state index contributed by atoms with van der Waals surface area (Å²) in [6.07, 6.45) is 0. The van der Waals surface area contributed by atoms with E-state index in [9.17, 15) is 19.5 Å². The Kier molecular flexibility index (Phi) is 5.62. The number of benzene rings is 1. The van der Waals surface area contributed by atoms with Gasteiger partial charge in [0.25, 0.3) is 16.8 Å². The maximum absolute atomic E-state index is 12.4. The topological polar surface area (TPSA) is 98.7 Å². The molecule has 7 nitrogen and oxygen atoms in total. The lowest BCUT2D eigenvalue weighted by atomic mass is 10.1. The van der Waals surface area contributed by atoms with E-state index < -0.39 is 10.9 Å². The lowest BCUT2D eigenvalue weighted by Crippen LogP contribution is -2.37. The lowest BCUT2D eigenvalue weighted by Gasteiger charge is -2.22. The molecule has 0 aliphatic carbocycles. The minimum atomic E-state index is -0.678. The minimum Gasteiger partial charge on any atom is -0.505 e. The Balaban J connectivity index is 1.67. The number of phenolic OH excluding ortho intramolecular Hbond substituents is 1. The summed E-state index contributed by atoms with van der Waals surface area (Å²) in [5.41, 5.74) is -0.818. The average molecular weight is 454 g/mol. The molecule has 4 rings (SSSR count). The molecule has 0 atom stereocenters. The van der Waals surface area contributed by atoms with E-state index in [-0.39, 0.29) is 40.3 Å². The third kappa shape index (κ3) is 3.85. The van der Waals surface area contributed by atoms with E-state index in [4.69, 9.17) is 0 Å². The van der Waals surface area contributed by atoms with Gasteiger partial charge in [0.05, 0.1) is 17.3 Å². The Morgan fingerprint density at radius 3 is 2.10 bits per heavy atom. The van der Waals surface area contributed by atoms with Crippen molar-refractivity contribution in [1.82, 2.24) is 4.90 Å². The number of para-hydroxylation sites is 1. The summed E-state index contributed by atoms with van der Waals surface area (Å²) < 4.78 is 0. The van der Waals surface area contributed by atoms with Gasteiger partial charge in [-0.25, -0.2) is 0 Å². The molecule has 0 spiro atoms. The third-order valence-electron chi connectivity index (χ3n) is 4.79. The molecule has 2 heterocycles. The summed E-state index contributed by atoms with van der Waals surface area (Å²) in [5, 5.41) is 20.5. The summed E-state index contributed by atoms with van der Waals surface area (Å²) >= 11 is 3.09. The van der Waals surface area contributed by atoms with Crippen molar-refractivity contribution in [2.75, 3.05) is 24.7 Å². The highest BCUT2D eigenvalue weighted by Crippen LogP contribution is 2.36. The van der Waals surface area contributed by atoms with Gasteiger partial charge in [-0.1, -0.05) is 18.2 Å². The van der Waals surface area contributed by atoms with Crippen LogP contribution in [-0.2, 0) is 0 Å². The van der Waals surface area contributed by atoms with Crippen LogP contribution >= 0.6 is 22.7 Å². The van der Waals surface area contributed by atoms with Crippen molar-refractivity contribution in [3.63, 3.8) is 0 Å². The number of nitrogens with one attached hydrogen (secondary N) is 2. The maximum Gasteiger partial charge on any atom is 0.257 e. The third-order valence-corrected chi connectivity index (χ3v) is 6.66. The number of phenols is 1. The van der Waals surface area contributed by atoms with Crippen molar-refractivity contribution in [3.8, 4) is 5.75 Å². The van der Waals surface area contributed by atoms with Crippen molar-refractivity contribution in [2.45, 2.75) is 6.04 Å². The number of carbonyl (C=O) groups excluding carboxylic acids is 1. The highest BCUT2D eigenvalue weighted by Gasteiger charge is 2.27. The molecule has 9 heteroatoms. The van der Waals surface area contributed by atoms with E-state index in [1.807, 2.05) is 35.0 Å². The zero-order valence-electron chi connectivity index (χ0n) is 16.7. The highest BCUT2D eigenvalue weighted by atomic mass is 32.1. The zero-order chi connectivity index (χ0) is 22.1. The number of anilines is 3. The molecule has 4 aromatic rings. The van der Waals surface area contributed by atoms with Crippen LogP contribution < -0.4 is 21.5 Å². The molecule has 31 heavy (non-hydrogen) atoms. The van der Waals surface area contributed by atoms with Crippen molar-refractivity contribution >= 4 is 45.6 Å². The molecule has 0 aliphatic rings. The maximum atomic E-state index is 12.4. The summed E-state index contributed by atoms with van der Waals surface area (Å²) in [6, 6.07) is 12.1. The van der Waals surface area contributed by atoms with Gasteiger partial charge in [-0.3, -0.25) is 14.4 Å². The number of amides is 1. The Hall–Kier alpha value is -3.43. The molecular formula is C22H19N3O4S2. The first kappa shape index (κ1) is 20.8. The molecule has 3 N–H and O–H groups in total. The van der Waals surface area contributed by atoms with Crippen molar-refractivity contribution < 1.29 is 9.90 Å². The first-order valence-corrected chi connectivity index (χ1v) is 11.1. The molecule has 1 amide bonds. The molecular weight excluding hydrogens is 434 g/mol. The SMILES string of the molecule is CN(C)C(=O)c1cccc(Nc2c(NC(c3cccs3)c3cccs3)c(=O)c2=O)c1O. The largest absolute Gasteiger partial charge is 0.505 e. The van der Waals surface area contributed by atoms with Crippen LogP contribution in [0.5, 0.6) is 5.75 Å². The van der Waals surface area contributed by atoms with Gasteiger partial charge in [-0.2, -0.15) is 0 Å². The van der Waals surface area contributed by atoms with Gasteiger partial charge < -0.3 is 20.6 Å². The standard InChI is InChI=1S/C22H19N3O4S2/c1-25(2)22(29)12-6-3-7-13(19(12)26)23-17-18(21(28)20(17)27)24-16(14-8-4-10-30-14)15-9-5-11-31-15/h3-11,16,23-24,26H,1-2H3. The monoisotopic (exact) mass is 453 g/mol. The molecule has 0 bridgehead atoms. The van der Waals surface area contributed by atoms with Crippen LogP contribution in [0.1, 0.15) is 26.2 Å². The smallest absolute Gasteiger partial charge is 0.257 e. The van der Waals surface area contributed by atoms with Crippen molar-refractivity contribution in [1.29, 1.82) is 0 Å². The minimum absolute atomic E-state index is 0.0628. The number of hydrogen-bond donors (Lipinski definition) is 3. The molecule has 2 aromatic carbocycles. The summed E-state index contributed by atoms with van der Waals surface area (Å²) in [5.74, 6) is -0.659. The molecule has 0 radical (unpaired) electrons. The molecule has 0 fully saturated rings. The van der Waals surface area contributed by atoms with Crippen LogP contribution in [0, 0.1) is 0 Å². The molecule has 0 aliphatic heterocycles. The van der Waals surface area contributed by atoms with Gasteiger partial charge in [0.15, 0.2) is 5.75 Å². The second-order valence-electron chi connectivity index (χ2n) is 7.04. The van der Waals surface area contributed by atoms with Crippen LogP contribution in [0.2, 0.25) is 0 Å². The molecule has 0 saturated heterocycles. The first-order valence-electron chi connectivity index (χ1n) is 9.35. The fraction of sp³-hybridized carbons (Fsp3) is 0.136. The van der Waals surface area contributed by atoms with Gasteiger partial charge in [0.1, 0.15) is 11.4 Å². The number of aromatic hydroxyl groups is 1. The molecule has 0 saturated carbocycles. The van der Waals surface area contributed by atoms with Gasteiger partial charge in [-0.15, -0.1) is 22.7 Å². The van der Waals surface area contributed by atoms with Crippen molar-refractivity contribution in [2.24, 2.45) is 0 Å². The van der Waals surface area contributed by atoms with Crippen LogP contribution in [0.3, 0.4) is 0 Å². The quantitative estimate of drug-likeness (QED) is 0.291. The van der Waals surface area contributed by atoms with Gasteiger partial charge in [-0.05, 0) is 35.0 Å². The van der Waals surface area contributed by atoms with Crippen LogP contribution in [0.4, 0.5) is 17.1 Å². The van der Waals surface area contributed by atoms with E-state index in [0.717, 1.165) is 9.75 Å². The number of thiophene rings is 2. The normalized spacial score (nSPS) is 11.1. The van der Waals surface area contributed by atoms with E-state index >= 15 is 0 Å². The Bertz CT molecular complexity index is 1250. The van der Waals surface area contributed by atoms with E-state index in [1.54, 1.807) is 48.9 Å². The second kappa shape index (κ2) is 8.37. The molecule has 0 unspecified atom stereocenters. The number of nitrogens with zero attached hydrogens (tertiary/aromatic N) is 1.